The highest BCUT2D eigenvalue weighted by Crippen LogP contribution is 2.20. The molecular weight excluding hydrogens is 290 g/mol. The maximum absolute atomic E-state index is 12.6. The topological polar surface area (TPSA) is 54.5 Å². The van der Waals surface area contributed by atoms with E-state index in [4.69, 9.17) is 4.74 Å². The summed E-state index contributed by atoms with van der Waals surface area (Å²) in [6.45, 7) is 6.36. The molecule has 1 fully saturated rings. The van der Waals surface area contributed by atoms with Crippen molar-refractivity contribution in [1.82, 2.24) is 15.2 Å². The number of nitrogens with one attached hydrogen (secondary N) is 1. The van der Waals surface area contributed by atoms with Gasteiger partial charge < -0.3 is 15.0 Å². The molecular formula is C18H21N3O2. The summed E-state index contributed by atoms with van der Waals surface area (Å²) in [4.78, 5) is 18.7. The second kappa shape index (κ2) is 6.38. The fourth-order valence-corrected chi connectivity index (χ4v) is 2.67. The van der Waals surface area contributed by atoms with Gasteiger partial charge in [0.15, 0.2) is 0 Å². The molecule has 0 bridgehead atoms. The molecule has 1 N–H and O–H groups in total. The molecule has 1 amide bonds. The molecule has 5 nitrogen and oxygen atoms in total. The van der Waals surface area contributed by atoms with E-state index in [9.17, 15) is 4.79 Å². The first-order valence-electron chi connectivity index (χ1n) is 7.77. The number of ether oxygens (including phenoxy) is 1. The first kappa shape index (κ1) is 15.5. The van der Waals surface area contributed by atoms with Crippen LogP contribution in [0.15, 0.2) is 48.7 Å². The van der Waals surface area contributed by atoms with Crippen molar-refractivity contribution in [1.29, 1.82) is 0 Å². The van der Waals surface area contributed by atoms with Crippen molar-refractivity contribution in [2.75, 3.05) is 19.6 Å². The Hall–Kier alpha value is -2.40. The zero-order chi connectivity index (χ0) is 16.3. The molecule has 120 valence electrons. The molecule has 1 aliphatic rings. The van der Waals surface area contributed by atoms with Crippen molar-refractivity contribution in [2.45, 2.75) is 19.4 Å². The molecule has 2 heterocycles. The van der Waals surface area contributed by atoms with Gasteiger partial charge in [-0.05, 0) is 38.1 Å². The van der Waals surface area contributed by atoms with Crippen molar-refractivity contribution >= 4 is 5.91 Å². The molecule has 1 aliphatic heterocycles. The summed E-state index contributed by atoms with van der Waals surface area (Å²) >= 11 is 0. The minimum absolute atomic E-state index is 0.0363. The summed E-state index contributed by atoms with van der Waals surface area (Å²) in [6.07, 6.45) is 1.59. The second-order valence-corrected chi connectivity index (χ2v) is 6.33. The Kier molecular flexibility index (Phi) is 4.30. The number of carbonyl (C=O) groups is 1. The number of piperazine rings is 1. The molecule has 0 spiro atoms. The van der Waals surface area contributed by atoms with Crippen LogP contribution in [0.4, 0.5) is 0 Å². The van der Waals surface area contributed by atoms with Crippen LogP contribution in [-0.4, -0.2) is 41.0 Å². The van der Waals surface area contributed by atoms with Crippen molar-refractivity contribution in [3.63, 3.8) is 0 Å². The lowest BCUT2D eigenvalue weighted by molar-refractivity contribution is 0.0646. The van der Waals surface area contributed by atoms with Crippen LogP contribution >= 0.6 is 0 Å². The lowest BCUT2D eigenvalue weighted by Crippen LogP contribution is -2.58. The van der Waals surface area contributed by atoms with Crippen LogP contribution in [0.2, 0.25) is 0 Å². The van der Waals surface area contributed by atoms with Gasteiger partial charge in [-0.2, -0.15) is 0 Å². The monoisotopic (exact) mass is 311 g/mol. The predicted octanol–water partition coefficient (Wildman–Crippen LogP) is 2.70. The minimum atomic E-state index is -0.0652. The van der Waals surface area contributed by atoms with E-state index in [0.29, 0.717) is 24.5 Å². The molecule has 0 saturated carbocycles. The van der Waals surface area contributed by atoms with Crippen LogP contribution in [0.3, 0.4) is 0 Å². The van der Waals surface area contributed by atoms with E-state index in [0.717, 1.165) is 12.3 Å². The Bertz CT molecular complexity index is 668. The zero-order valence-corrected chi connectivity index (χ0v) is 13.5. The molecule has 3 rings (SSSR count). The van der Waals surface area contributed by atoms with Gasteiger partial charge in [0.25, 0.3) is 5.91 Å². The van der Waals surface area contributed by atoms with E-state index >= 15 is 0 Å². The lowest BCUT2D eigenvalue weighted by atomic mass is 10.0. The van der Waals surface area contributed by atoms with Gasteiger partial charge in [-0.15, -0.1) is 0 Å². The molecule has 1 aromatic carbocycles. The van der Waals surface area contributed by atoms with Gasteiger partial charge in [-0.3, -0.25) is 4.79 Å². The number of hydrogen-bond donors (Lipinski definition) is 1. The quantitative estimate of drug-likeness (QED) is 0.947. The number of aromatic nitrogens is 1. The Balaban J connectivity index is 1.68. The first-order valence-corrected chi connectivity index (χ1v) is 7.77. The molecule has 1 aromatic heterocycles. The van der Waals surface area contributed by atoms with Crippen molar-refractivity contribution in [3.05, 3.63) is 54.4 Å². The summed E-state index contributed by atoms with van der Waals surface area (Å²) in [7, 11) is 0. The maximum Gasteiger partial charge on any atom is 0.272 e. The van der Waals surface area contributed by atoms with Crippen molar-refractivity contribution < 1.29 is 9.53 Å². The van der Waals surface area contributed by atoms with Crippen LogP contribution in [0, 0.1) is 0 Å². The number of para-hydroxylation sites is 1. The van der Waals surface area contributed by atoms with E-state index in [-0.39, 0.29) is 11.4 Å². The standard InChI is InChI=1S/C18H21N3O2/c1-18(2)13-21(11-10-20-18)17(22)16-9-8-15(12-19-16)23-14-6-4-3-5-7-14/h3-9,12,20H,10-11,13H2,1-2H3. The highest BCUT2D eigenvalue weighted by Gasteiger charge is 2.29. The molecule has 5 heteroatoms. The number of amides is 1. The Labute approximate surface area is 136 Å². The number of benzene rings is 1. The third-order valence-corrected chi connectivity index (χ3v) is 3.79. The van der Waals surface area contributed by atoms with Gasteiger partial charge in [-0.1, -0.05) is 18.2 Å². The van der Waals surface area contributed by atoms with Gasteiger partial charge in [0.1, 0.15) is 17.2 Å². The SMILES string of the molecule is CC1(C)CN(C(=O)c2ccc(Oc3ccccc3)cn2)CCN1. The highest BCUT2D eigenvalue weighted by molar-refractivity contribution is 5.92. The van der Waals surface area contributed by atoms with E-state index in [2.05, 4.69) is 24.1 Å². The Morgan fingerprint density at radius 3 is 2.61 bits per heavy atom. The Morgan fingerprint density at radius 1 is 1.17 bits per heavy atom. The smallest absolute Gasteiger partial charge is 0.272 e. The third kappa shape index (κ3) is 3.87. The highest BCUT2D eigenvalue weighted by atomic mass is 16.5. The molecule has 0 radical (unpaired) electrons. The van der Waals surface area contributed by atoms with Crippen LogP contribution in [0.1, 0.15) is 24.3 Å². The average Bonchev–Trinajstić information content (AvgIpc) is 2.55. The normalized spacial score (nSPS) is 16.9. The van der Waals surface area contributed by atoms with E-state index in [1.165, 1.54) is 0 Å². The summed E-state index contributed by atoms with van der Waals surface area (Å²) < 4.78 is 5.69. The van der Waals surface area contributed by atoms with E-state index in [1.807, 2.05) is 35.2 Å². The largest absolute Gasteiger partial charge is 0.456 e. The van der Waals surface area contributed by atoms with Gasteiger partial charge >= 0.3 is 0 Å². The van der Waals surface area contributed by atoms with Crippen LogP contribution < -0.4 is 10.1 Å². The molecule has 1 saturated heterocycles. The average molecular weight is 311 g/mol. The first-order chi connectivity index (χ1) is 11.0. The molecule has 23 heavy (non-hydrogen) atoms. The van der Waals surface area contributed by atoms with Crippen molar-refractivity contribution in [2.24, 2.45) is 0 Å². The van der Waals surface area contributed by atoms with Gasteiger partial charge in [0.05, 0.1) is 6.20 Å². The summed E-state index contributed by atoms with van der Waals surface area (Å²) in [5.74, 6) is 1.33. The number of nitrogens with zero attached hydrogens (tertiary/aromatic N) is 2. The fraction of sp³-hybridized carbons (Fsp3) is 0.333. The van der Waals surface area contributed by atoms with Gasteiger partial charge in [-0.25, -0.2) is 4.98 Å². The zero-order valence-electron chi connectivity index (χ0n) is 13.5. The number of pyridine rings is 1. The molecule has 0 unspecified atom stereocenters. The summed E-state index contributed by atoms with van der Waals surface area (Å²) in [6, 6.07) is 13.0. The van der Waals surface area contributed by atoms with E-state index in [1.54, 1.807) is 18.3 Å². The van der Waals surface area contributed by atoms with Crippen molar-refractivity contribution in [3.8, 4) is 11.5 Å². The predicted molar refractivity (Wildman–Crippen MR) is 88.7 cm³/mol. The lowest BCUT2D eigenvalue weighted by Gasteiger charge is -2.38. The van der Waals surface area contributed by atoms with Crippen LogP contribution in [-0.2, 0) is 0 Å². The second-order valence-electron chi connectivity index (χ2n) is 6.33. The van der Waals surface area contributed by atoms with Gasteiger partial charge in [0.2, 0.25) is 0 Å². The van der Waals surface area contributed by atoms with Gasteiger partial charge in [0, 0.05) is 25.2 Å². The summed E-state index contributed by atoms with van der Waals surface area (Å²) in [5, 5.41) is 3.40. The third-order valence-electron chi connectivity index (χ3n) is 3.79. The Morgan fingerprint density at radius 2 is 1.96 bits per heavy atom. The fourth-order valence-electron chi connectivity index (χ4n) is 2.67. The maximum atomic E-state index is 12.6. The molecule has 2 aromatic rings. The summed E-state index contributed by atoms with van der Waals surface area (Å²) in [5.41, 5.74) is 0.382. The molecule has 0 aliphatic carbocycles. The number of carbonyl (C=O) groups excluding carboxylic acids is 1. The minimum Gasteiger partial charge on any atom is -0.456 e. The number of rotatable bonds is 3. The van der Waals surface area contributed by atoms with Crippen LogP contribution in [0.5, 0.6) is 11.5 Å². The van der Waals surface area contributed by atoms with E-state index < -0.39 is 0 Å². The molecule has 0 atom stereocenters. The number of hydrogen-bond acceptors (Lipinski definition) is 4. The van der Waals surface area contributed by atoms with Crippen LogP contribution in [0.25, 0.3) is 0 Å².